The first-order chi connectivity index (χ1) is 21.2. The van der Waals surface area contributed by atoms with Crippen LogP contribution in [0.3, 0.4) is 0 Å². The van der Waals surface area contributed by atoms with Crippen LogP contribution in [0.25, 0.3) is 0 Å². The molecule has 1 heterocycles. The van der Waals surface area contributed by atoms with Gasteiger partial charge in [0.25, 0.3) is 0 Å². The van der Waals surface area contributed by atoms with Crippen LogP contribution in [-0.4, -0.2) is 11.7 Å². The summed E-state index contributed by atoms with van der Waals surface area (Å²) in [5.41, 5.74) is 8.67. The Kier molecular flexibility index (Phi) is 6.74. The van der Waals surface area contributed by atoms with Crippen molar-refractivity contribution in [2.24, 2.45) is 0 Å². The average molecular weight is 556 g/mol. The van der Waals surface area contributed by atoms with Crippen molar-refractivity contribution in [2.45, 2.75) is 0 Å². The molecule has 43 heavy (non-hydrogen) atoms. The van der Waals surface area contributed by atoms with Crippen molar-refractivity contribution in [3.63, 3.8) is 0 Å². The zero-order valence-corrected chi connectivity index (χ0v) is 23.4. The quantitative estimate of drug-likeness (QED) is 0.164. The first-order valence-electron chi connectivity index (χ1n) is 14.2. The van der Waals surface area contributed by atoms with Gasteiger partial charge in [0.1, 0.15) is 11.7 Å². The second kappa shape index (κ2) is 11.1. The Hall–Kier alpha value is -5.94. The summed E-state index contributed by atoms with van der Waals surface area (Å²) in [6.07, 6.45) is 0. The molecule has 1 aliphatic rings. The lowest BCUT2D eigenvalue weighted by molar-refractivity contribution is 1.17. The van der Waals surface area contributed by atoms with Crippen molar-refractivity contribution < 1.29 is 0 Å². The largest absolute Gasteiger partial charge is 0.306 e. The molecule has 0 saturated carbocycles. The van der Waals surface area contributed by atoms with Gasteiger partial charge in [-0.1, -0.05) is 91.0 Å². The van der Waals surface area contributed by atoms with Gasteiger partial charge in [-0.3, -0.25) is 15.7 Å². The molecule has 0 atom stereocenters. The molecule has 0 radical (unpaired) electrons. The number of nitrogens with one attached hydrogen (secondary N) is 2. The summed E-state index contributed by atoms with van der Waals surface area (Å²) in [6, 6.07) is 54.6. The smallest absolute Gasteiger partial charge is 0.138 e. The Morgan fingerprint density at radius 3 is 1.19 bits per heavy atom. The Bertz CT molecular complexity index is 1850. The molecule has 6 aromatic carbocycles. The lowest BCUT2D eigenvalue weighted by atomic mass is 10.0. The zero-order valence-electron chi connectivity index (χ0n) is 23.4. The molecule has 0 fully saturated rings. The summed E-state index contributed by atoms with van der Waals surface area (Å²) in [7, 11) is 0. The second-order valence-electron chi connectivity index (χ2n) is 10.3. The molecule has 2 N–H and O–H groups in total. The summed E-state index contributed by atoms with van der Waals surface area (Å²) in [5, 5.41) is 18.3. The van der Waals surface area contributed by atoms with Crippen molar-refractivity contribution in [3.8, 4) is 0 Å². The minimum absolute atomic E-state index is 0.237. The molecule has 0 spiro atoms. The van der Waals surface area contributed by atoms with E-state index in [1.54, 1.807) is 4.90 Å². The number of hydrogen-bond acceptors (Lipinski definition) is 4. The third-order valence-corrected chi connectivity index (χ3v) is 7.65. The van der Waals surface area contributed by atoms with Crippen LogP contribution in [0.5, 0.6) is 0 Å². The molecule has 1 aliphatic heterocycles. The molecule has 0 amide bonds. The zero-order chi connectivity index (χ0) is 29.2. The number of benzene rings is 6. The van der Waals surface area contributed by atoms with E-state index in [1.807, 2.05) is 78.9 Å². The second-order valence-corrected chi connectivity index (χ2v) is 10.3. The number of rotatable bonds is 5. The number of fused-ring (bicyclic) bond motifs is 2. The van der Waals surface area contributed by atoms with Crippen molar-refractivity contribution in [1.82, 2.24) is 0 Å². The van der Waals surface area contributed by atoms with Gasteiger partial charge in [-0.2, -0.15) is 0 Å². The molecular weight excluding hydrogens is 526 g/mol. The van der Waals surface area contributed by atoms with Crippen molar-refractivity contribution in [2.75, 3.05) is 14.7 Å². The van der Waals surface area contributed by atoms with Crippen molar-refractivity contribution in [1.29, 1.82) is 10.8 Å². The molecule has 0 bridgehead atoms. The summed E-state index contributed by atoms with van der Waals surface area (Å²) in [5.74, 6) is 0.488. The van der Waals surface area contributed by atoms with E-state index < -0.39 is 0 Å². The van der Waals surface area contributed by atoms with Gasteiger partial charge in [-0.15, -0.1) is 0 Å². The van der Waals surface area contributed by atoms with E-state index in [4.69, 9.17) is 5.41 Å². The molecule has 0 saturated heterocycles. The molecule has 5 nitrogen and oxygen atoms in total. The van der Waals surface area contributed by atoms with Crippen LogP contribution in [0.15, 0.2) is 164 Å². The molecule has 206 valence electrons. The Morgan fingerprint density at radius 1 is 0.372 bits per heavy atom. The molecule has 0 aliphatic carbocycles. The number of para-hydroxylation sites is 6. The van der Waals surface area contributed by atoms with E-state index in [0.717, 1.165) is 50.9 Å². The summed E-state index contributed by atoms with van der Waals surface area (Å²) in [6.45, 7) is 0. The van der Waals surface area contributed by atoms with Gasteiger partial charge in [0.15, 0.2) is 0 Å². The van der Waals surface area contributed by atoms with Crippen LogP contribution in [0.2, 0.25) is 0 Å². The first kappa shape index (κ1) is 26.0. The monoisotopic (exact) mass is 555 g/mol. The maximum absolute atomic E-state index is 9.24. The number of hydrogen-bond donors (Lipinski definition) is 2. The minimum Gasteiger partial charge on any atom is -0.306 e. The lowest BCUT2D eigenvalue weighted by Crippen LogP contribution is -2.37. The number of amidine groups is 2. The highest BCUT2D eigenvalue weighted by Crippen LogP contribution is 2.53. The first-order valence-corrected chi connectivity index (χ1v) is 14.2. The molecule has 5 heteroatoms. The Balaban J connectivity index is 1.28. The van der Waals surface area contributed by atoms with Crippen LogP contribution in [0.1, 0.15) is 11.1 Å². The molecular formula is C38H29N5. The third-order valence-electron chi connectivity index (χ3n) is 7.65. The summed E-state index contributed by atoms with van der Waals surface area (Å²) in [4.78, 5) is 6.27. The third kappa shape index (κ3) is 4.73. The van der Waals surface area contributed by atoms with E-state index in [-0.39, 0.29) is 11.7 Å². The minimum atomic E-state index is 0.237. The van der Waals surface area contributed by atoms with Gasteiger partial charge in [0.05, 0.1) is 22.7 Å². The average Bonchev–Trinajstić information content (AvgIpc) is 3.08. The highest BCUT2D eigenvalue weighted by molar-refractivity contribution is 6.27. The standard InChI is InChI=1S/C38H29N5/c39-37(28-14-4-1-5-15-28)43(31-18-8-3-9-19-31)38(40)29-24-26-32(27-25-29)42-35-22-12-10-20-33(35)41(30-16-6-2-7-17-30)34-21-11-13-23-36(34)42/h1-27,39-40H. The topological polar surface area (TPSA) is 57.4 Å². The van der Waals surface area contributed by atoms with Crippen LogP contribution >= 0.6 is 0 Å². The van der Waals surface area contributed by atoms with E-state index in [2.05, 4.69) is 94.7 Å². The predicted molar refractivity (Wildman–Crippen MR) is 178 cm³/mol. The maximum Gasteiger partial charge on any atom is 0.138 e. The van der Waals surface area contributed by atoms with Crippen LogP contribution in [0, 0.1) is 10.8 Å². The Labute approximate surface area is 251 Å². The van der Waals surface area contributed by atoms with Crippen LogP contribution < -0.4 is 14.7 Å². The fraction of sp³-hybridized carbons (Fsp3) is 0. The van der Waals surface area contributed by atoms with Crippen LogP contribution in [0.4, 0.5) is 39.8 Å². The highest BCUT2D eigenvalue weighted by Gasteiger charge is 2.30. The SMILES string of the molecule is N=C(c1ccccc1)N(C(=N)c1ccc(N2c3ccccc3N(c3ccccc3)c3ccccc32)cc1)c1ccccc1. The normalized spacial score (nSPS) is 11.8. The van der Waals surface area contributed by atoms with Crippen LogP contribution in [-0.2, 0) is 0 Å². The Morgan fingerprint density at radius 2 is 0.721 bits per heavy atom. The molecule has 7 rings (SSSR count). The maximum atomic E-state index is 9.24. The van der Waals surface area contributed by atoms with E-state index in [1.165, 1.54) is 0 Å². The summed E-state index contributed by atoms with van der Waals surface area (Å²) >= 11 is 0. The predicted octanol–water partition coefficient (Wildman–Crippen LogP) is 9.80. The lowest BCUT2D eigenvalue weighted by Gasteiger charge is -2.40. The highest BCUT2D eigenvalue weighted by atomic mass is 15.3. The molecule has 6 aromatic rings. The van der Waals surface area contributed by atoms with Crippen molar-refractivity contribution in [3.05, 3.63) is 175 Å². The van der Waals surface area contributed by atoms with Crippen molar-refractivity contribution >= 4 is 51.5 Å². The van der Waals surface area contributed by atoms with Gasteiger partial charge >= 0.3 is 0 Å². The molecule has 0 unspecified atom stereocenters. The van der Waals surface area contributed by atoms with Gasteiger partial charge in [-0.25, -0.2) is 0 Å². The van der Waals surface area contributed by atoms with E-state index >= 15 is 0 Å². The summed E-state index contributed by atoms with van der Waals surface area (Å²) < 4.78 is 0. The fourth-order valence-electron chi connectivity index (χ4n) is 5.65. The van der Waals surface area contributed by atoms with E-state index in [9.17, 15) is 5.41 Å². The fourth-order valence-corrected chi connectivity index (χ4v) is 5.65. The van der Waals surface area contributed by atoms with Gasteiger partial charge in [0.2, 0.25) is 0 Å². The number of nitrogens with zero attached hydrogens (tertiary/aromatic N) is 3. The van der Waals surface area contributed by atoms with Gasteiger partial charge in [-0.05, 0) is 72.8 Å². The van der Waals surface area contributed by atoms with E-state index in [0.29, 0.717) is 0 Å². The number of anilines is 7. The van der Waals surface area contributed by atoms with Gasteiger partial charge < -0.3 is 9.80 Å². The van der Waals surface area contributed by atoms with Gasteiger partial charge in [0, 0.05) is 28.2 Å². The molecule has 0 aromatic heterocycles.